The molecule has 2 N–H and O–H groups in total. The van der Waals surface area contributed by atoms with Crippen LogP contribution in [0.3, 0.4) is 0 Å². The van der Waals surface area contributed by atoms with Crippen LogP contribution in [0.4, 0.5) is 18.9 Å². The van der Waals surface area contributed by atoms with Crippen molar-refractivity contribution in [2.45, 2.75) is 50.9 Å². The predicted octanol–water partition coefficient (Wildman–Crippen LogP) is 3.73. The van der Waals surface area contributed by atoms with Crippen molar-refractivity contribution in [3.63, 3.8) is 0 Å². The molecule has 2 rings (SSSR count). The van der Waals surface area contributed by atoms with Gasteiger partial charge in [0.15, 0.2) is 0 Å². The molecular weight excluding hydrogens is 255 g/mol. The molecule has 5 heteroatoms. The first kappa shape index (κ1) is 14.2. The quantitative estimate of drug-likeness (QED) is 0.860. The molecule has 1 aromatic rings. The molecule has 1 aliphatic rings. The van der Waals surface area contributed by atoms with E-state index in [4.69, 9.17) is 0 Å². The SMILES string of the molecule is Cc1ccc(NC2CCCCC2O)cc1C(F)(F)F. The zero-order valence-corrected chi connectivity index (χ0v) is 10.8. The Balaban J connectivity index is 2.17. The smallest absolute Gasteiger partial charge is 0.391 e. The molecule has 0 radical (unpaired) electrons. The summed E-state index contributed by atoms with van der Waals surface area (Å²) < 4.78 is 38.4. The lowest BCUT2D eigenvalue weighted by Crippen LogP contribution is -2.36. The number of hydrogen-bond acceptors (Lipinski definition) is 2. The third-order valence-corrected chi connectivity index (χ3v) is 3.62. The van der Waals surface area contributed by atoms with Crippen molar-refractivity contribution in [3.8, 4) is 0 Å². The fourth-order valence-corrected chi connectivity index (χ4v) is 2.51. The Kier molecular flexibility index (Phi) is 4.04. The van der Waals surface area contributed by atoms with Crippen LogP contribution in [0.15, 0.2) is 18.2 Å². The average Bonchev–Trinajstić information content (AvgIpc) is 2.33. The number of benzene rings is 1. The number of aryl methyl sites for hydroxylation is 1. The molecule has 2 unspecified atom stereocenters. The summed E-state index contributed by atoms with van der Waals surface area (Å²) in [6.07, 6.45) is -1.36. The minimum Gasteiger partial charge on any atom is -0.391 e. The zero-order chi connectivity index (χ0) is 14.0. The maximum absolute atomic E-state index is 12.8. The second-order valence-corrected chi connectivity index (χ2v) is 5.13. The molecule has 1 aliphatic carbocycles. The van der Waals surface area contributed by atoms with E-state index >= 15 is 0 Å². The van der Waals surface area contributed by atoms with Crippen molar-refractivity contribution in [2.24, 2.45) is 0 Å². The van der Waals surface area contributed by atoms with Gasteiger partial charge in [-0.05, 0) is 37.5 Å². The molecule has 1 saturated carbocycles. The summed E-state index contributed by atoms with van der Waals surface area (Å²) in [5, 5.41) is 12.8. The number of alkyl halides is 3. The number of rotatable bonds is 2. The summed E-state index contributed by atoms with van der Waals surface area (Å²) in [6.45, 7) is 1.45. The molecule has 19 heavy (non-hydrogen) atoms. The van der Waals surface area contributed by atoms with E-state index in [1.54, 1.807) is 6.07 Å². The van der Waals surface area contributed by atoms with Crippen LogP contribution in [0.2, 0.25) is 0 Å². The van der Waals surface area contributed by atoms with Crippen LogP contribution in [-0.4, -0.2) is 17.3 Å². The van der Waals surface area contributed by atoms with Crippen molar-refractivity contribution < 1.29 is 18.3 Å². The monoisotopic (exact) mass is 273 g/mol. The first-order valence-corrected chi connectivity index (χ1v) is 6.50. The van der Waals surface area contributed by atoms with Crippen LogP contribution in [0.25, 0.3) is 0 Å². The summed E-state index contributed by atoms with van der Waals surface area (Å²) in [5.41, 5.74) is 0.00826. The van der Waals surface area contributed by atoms with Crippen molar-refractivity contribution in [2.75, 3.05) is 5.32 Å². The molecule has 106 valence electrons. The highest BCUT2D eigenvalue weighted by atomic mass is 19.4. The Morgan fingerprint density at radius 3 is 2.53 bits per heavy atom. The van der Waals surface area contributed by atoms with Gasteiger partial charge in [0.2, 0.25) is 0 Å². The highest BCUT2D eigenvalue weighted by Crippen LogP contribution is 2.34. The van der Waals surface area contributed by atoms with Gasteiger partial charge in [0, 0.05) is 5.69 Å². The Labute approximate surface area is 110 Å². The Morgan fingerprint density at radius 2 is 1.89 bits per heavy atom. The molecule has 1 aromatic carbocycles. The molecule has 0 heterocycles. The van der Waals surface area contributed by atoms with Crippen LogP contribution < -0.4 is 5.32 Å². The average molecular weight is 273 g/mol. The van der Waals surface area contributed by atoms with Crippen molar-refractivity contribution >= 4 is 5.69 Å². The Morgan fingerprint density at radius 1 is 1.21 bits per heavy atom. The van der Waals surface area contributed by atoms with E-state index in [2.05, 4.69) is 5.32 Å². The van der Waals surface area contributed by atoms with Crippen LogP contribution in [0.1, 0.15) is 36.8 Å². The van der Waals surface area contributed by atoms with E-state index in [1.165, 1.54) is 13.0 Å². The van der Waals surface area contributed by atoms with E-state index in [0.29, 0.717) is 12.1 Å². The van der Waals surface area contributed by atoms with Crippen LogP contribution in [-0.2, 0) is 6.18 Å². The number of aliphatic hydroxyl groups excluding tert-OH is 1. The Bertz CT molecular complexity index is 445. The van der Waals surface area contributed by atoms with Crippen molar-refractivity contribution in [1.29, 1.82) is 0 Å². The second kappa shape index (κ2) is 5.41. The molecule has 0 aromatic heterocycles. The van der Waals surface area contributed by atoms with Gasteiger partial charge in [0.1, 0.15) is 0 Å². The lowest BCUT2D eigenvalue weighted by Gasteiger charge is -2.29. The Hall–Kier alpha value is -1.23. The van der Waals surface area contributed by atoms with Gasteiger partial charge in [-0.1, -0.05) is 18.9 Å². The summed E-state index contributed by atoms with van der Waals surface area (Å²) in [4.78, 5) is 0. The molecular formula is C14H18F3NO. The van der Waals surface area contributed by atoms with Crippen molar-refractivity contribution in [3.05, 3.63) is 29.3 Å². The predicted molar refractivity (Wildman–Crippen MR) is 68.1 cm³/mol. The first-order chi connectivity index (χ1) is 8.88. The van der Waals surface area contributed by atoms with Gasteiger partial charge in [-0.25, -0.2) is 0 Å². The number of hydrogen-bond donors (Lipinski definition) is 2. The number of halogens is 3. The topological polar surface area (TPSA) is 32.3 Å². The van der Waals surface area contributed by atoms with Gasteiger partial charge in [-0.15, -0.1) is 0 Å². The molecule has 0 aliphatic heterocycles. The van der Waals surface area contributed by atoms with Crippen molar-refractivity contribution in [1.82, 2.24) is 0 Å². The molecule has 0 bridgehead atoms. The molecule has 0 saturated heterocycles. The van der Waals surface area contributed by atoms with Gasteiger partial charge < -0.3 is 10.4 Å². The fraction of sp³-hybridized carbons (Fsp3) is 0.571. The number of aliphatic hydroxyl groups is 1. The summed E-state index contributed by atoms with van der Waals surface area (Å²) in [6, 6.07) is 4.06. The van der Waals surface area contributed by atoms with E-state index in [9.17, 15) is 18.3 Å². The fourth-order valence-electron chi connectivity index (χ4n) is 2.51. The normalized spacial score (nSPS) is 24.3. The van der Waals surface area contributed by atoms with E-state index in [0.717, 1.165) is 25.3 Å². The molecule has 0 amide bonds. The minimum absolute atomic E-state index is 0.155. The summed E-state index contributed by atoms with van der Waals surface area (Å²) >= 11 is 0. The van der Waals surface area contributed by atoms with Crippen LogP contribution in [0, 0.1) is 6.92 Å². The summed E-state index contributed by atoms with van der Waals surface area (Å²) in [7, 11) is 0. The maximum atomic E-state index is 12.8. The van der Waals surface area contributed by atoms with Crippen LogP contribution in [0.5, 0.6) is 0 Å². The lowest BCUT2D eigenvalue weighted by molar-refractivity contribution is -0.138. The molecule has 2 nitrogen and oxygen atoms in total. The third kappa shape index (κ3) is 3.41. The van der Waals surface area contributed by atoms with E-state index in [-0.39, 0.29) is 11.6 Å². The van der Waals surface area contributed by atoms with Gasteiger partial charge >= 0.3 is 6.18 Å². The maximum Gasteiger partial charge on any atom is 0.416 e. The minimum atomic E-state index is -4.34. The lowest BCUT2D eigenvalue weighted by atomic mass is 9.92. The van der Waals surface area contributed by atoms with Gasteiger partial charge in [0.05, 0.1) is 17.7 Å². The van der Waals surface area contributed by atoms with E-state index in [1.807, 2.05) is 0 Å². The van der Waals surface area contributed by atoms with Gasteiger partial charge in [0.25, 0.3) is 0 Å². The zero-order valence-electron chi connectivity index (χ0n) is 10.8. The summed E-state index contributed by atoms with van der Waals surface area (Å²) in [5.74, 6) is 0. The second-order valence-electron chi connectivity index (χ2n) is 5.13. The highest BCUT2D eigenvalue weighted by Gasteiger charge is 2.33. The first-order valence-electron chi connectivity index (χ1n) is 6.50. The van der Waals surface area contributed by atoms with Crippen LogP contribution >= 0.6 is 0 Å². The van der Waals surface area contributed by atoms with Gasteiger partial charge in [-0.3, -0.25) is 0 Å². The molecule has 1 fully saturated rings. The molecule has 0 spiro atoms. The van der Waals surface area contributed by atoms with E-state index < -0.39 is 17.8 Å². The third-order valence-electron chi connectivity index (χ3n) is 3.62. The number of nitrogens with one attached hydrogen (secondary N) is 1. The standard InChI is InChI=1S/C14H18F3NO/c1-9-6-7-10(8-11(9)14(15,16)17)18-12-4-2-3-5-13(12)19/h6-8,12-13,18-19H,2-5H2,1H3. The van der Waals surface area contributed by atoms with Gasteiger partial charge in [-0.2, -0.15) is 13.2 Å². The largest absolute Gasteiger partial charge is 0.416 e. The number of anilines is 1. The molecule has 2 atom stereocenters. The highest BCUT2D eigenvalue weighted by molar-refractivity contribution is 5.50.